The van der Waals surface area contributed by atoms with Gasteiger partial charge in [0, 0.05) is 25.6 Å². The van der Waals surface area contributed by atoms with Crippen LogP contribution in [0.15, 0.2) is 24.3 Å². The Hall–Kier alpha value is -1.46. The molecule has 1 amide bonds. The van der Waals surface area contributed by atoms with Crippen LogP contribution in [-0.2, 0) is 9.53 Å². The predicted molar refractivity (Wildman–Crippen MR) is 97.8 cm³/mol. The van der Waals surface area contributed by atoms with Gasteiger partial charge in [-0.15, -0.1) is 0 Å². The lowest BCUT2D eigenvalue weighted by atomic mass is 9.55. The molecule has 4 nitrogen and oxygen atoms in total. The highest BCUT2D eigenvalue weighted by molar-refractivity contribution is 5.78. The van der Waals surface area contributed by atoms with E-state index in [0.29, 0.717) is 12.6 Å². The molecule has 0 saturated heterocycles. The summed E-state index contributed by atoms with van der Waals surface area (Å²) in [5.41, 5.74) is 0.760. The Morgan fingerprint density at radius 1 is 1.28 bits per heavy atom. The molecule has 1 aliphatic carbocycles. The van der Waals surface area contributed by atoms with Gasteiger partial charge in [0.05, 0.1) is 18.2 Å². The van der Waals surface area contributed by atoms with Crippen LogP contribution >= 0.6 is 0 Å². The number of carbonyl (C=O) groups excluding carboxylic acids is 1. The Balaban J connectivity index is 1.98. The first-order chi connectivity index (χ1) is 11.5. The highest BCUT2D eigenvalue weighted by atomic mass is 19.1. The maximum atomic E-state index is 13.1. The van der Waals surface area contributed by atoms with Crippen LogP contribution < -0.4 is 0 Å². The van der Waals surface area contributed by atoms with Gasteiger partial charge >= 0.3 is 0 Å². The van der Waals surface area contributed by atoms with E-state index in [2.05, 4.69) is 25.7 Å². The van der Waals surface area contributed by atoms with Gasteiger partial charge in [0.1, 0.15) is 5.82 Å². The fourth-order valence-corrected chi connectivity index (χ4v) is 3.78. The summed E-state index contributed by atoms with van der Waals surface area (Å²) in [4.78, 5) is 16.5. The number of benzene rings is 1. The lowest BCUT2D eigenvalue weighted by Crippen LogP contribution is -2.68. The number of likely N-dealkylation sites (N-methyl/N-ethyl adjacent to an activating group) is 2. The highest BCUT2D eigenvalue weighted by Crippen LogP contribution is 2.53. The molecule has 0 spiro atoms. The molecule has 0 heterocycles. The molecule has 1 saturated carbocycles. The Labute approximate surface area is 150 Å². The number of hydrogen-bond acceptors (Lipinski definition) is 3. The van der Waals surface area contributed by atoms with Gasteiger partial charge in [0.25, 0.3) is 0 Å². The van der Waals surface area contributed by atoms with Crippen LogP contribution in [0.2, 0.25) is 0 Å². The van der Waals surface area contributed by atoms with E-state index >= 15 is 0 Å². The zero-order chi connectivity index (χ0) is 19.0. The average molecular weight is 350 g/mol. The summed E-state index contributed by atoms with van der Waals surface area (Å²) < 4.78 is 18.8. The Morgan fingerprint density at radius 3 is 2.32 bits per heavy atom. The average Bonchev–Trinajstić information content (AvgIpc) is 2.58. The molecule has 1 aromatic carbocycles. The van der Waals surface area contributed by atoms with E-state index in [4.69, 9.17) is 4.74 Å². The van der Waals surface area contributed by atoms with Crippen LogP contribution in [0.1, 0.15) is 45.7 Å². The topological polar surface area (TPSA) is 32.8 Å². The molecule has 0 bridgehead atoms. The molecule has 1 aromatic rings. The second-order valence-corrected chi connectivity index (χ2v) is 8.02. The normalized spacial score (nSPS) is 26.2. The molecule has 0 unspecified atom stereocenters. The summed E-state index contributed by atoms with van der Waals surface area (Å²) >= 11 is 0. The SMILES string of the molecule is CO[C@]1(C)C[C@@H](N(C)CC(=O)N(C)[C@@H](C)c2ccc(F)cc2)C1(C)C. The molecule has 0 aliphatic heterocycles. The van der Waals surface area contributed by atoms with E-state index in [-0.39, 0.29) is 28.8 Å². The molecule has 1 fully saturated rings. The van der Waals surface area contributed by atoms with Crippen LogP contribution in [0.4, 0.5) is 4.39 Å². The molecule has 2 rings (SSSR count). The number of methoxy groups -OCH3 is 1. The van der Waals surface area contributed by atoms with Gasteiger partial charge in [0.15, 0.2) is 0 Å². The number of halogens is 1. The molecular formula is C20H31FN2O2. The predicted octanol–water partition coefficient (Wildman–Crippen LogP) is 3.48. The van der Waals surface area contributed by atoms with Crippen molar-refractivity contribution in [1.29, 1.82) is 0 Å². The summed E-state index contributed by atoms with van der Waals surface area (Å²) in [5.74, 6) is -0.209. The Morgan fingerprint density at radius 2 is 1.84 bits per heavy atom. The third kappa shape index (κ3) is 3.58. The molecule has 0 N–H and O–H groups in total. The Bertz CT molecular complexity index is 617. The second kappa shape index (κ2) is 7.04. The first-order valence-corrected chi connectivity index (χ1v) is 8.80. The molecular weight excluding hydrogens is 319 g/mol. The number of hydrogen-bond donors (Lipinski definition) is 0. The monoisotopic (exact) mass is 350 g/mol. The fourth-order valence-electron chi connectivity index (χ4n) is 3.78. The first-order valence-electron chi connectivity index (χ1n) is 8.80. The smallest absolute Gasteiger partial charge is 0.236 e. The van der Waals surface area contributed by atoms with Gasteiger partial charge in [-0.3, -0.25) is 9.69 Å². The molecule has 3 atom stereocenters. The standard InChI is InChI=1S/C20H31FN2O2/c1-14(15-8-10-16(21)11-9-15)23(6)18(24)13-22(5)17-12-20(4,25-7)19(17,2)3/h8-11,14,17H,12-13H2,1-7H3/t14-,17+,20+/m0/s1. The maximum Gasteiger partial charge on any atom is 0.236 e. The molecule has 5 heteroatoms. The van der Waals surface area contributed by atoms with Crippen molar-refractivity contribution in [2.45, 2.75) is 51.8 Å². The highest BCUT2D eigenvalue weighted by Gasteiger charge is 2.59. The summed E-state index contributed by atoms with van der Waals surface area (Å²) in [6.45, 7) is 8.82. The van der Waals surface area contributed by atoms with Crippen molar-refractivity contribution < 1.29 is 13.9 Å². The lowest BCUT2D eigenvalue weighted by Gasteiger charge is -2.61. The minimum Gasteiger partial charge on any atom is -0.378 e. The molecule has 25 heavy (non-hydrogen) atoms. The zero-order valence-corrected chi connectivity index (χ0v) is 16.5. The van der Waals surface area contributed by atoms with Crippen LogP contribution in [-0.4, -0.2) is 55.1 Å². The van der Waals surface area contributed by atoms with Gasteiger partial charge < -0.3 is 9.64 Å². The van der Waals surface area contributed by atoms with Crippen LogP contribution in [0.3, 0.4) is 0 Å². The van der Waals surface area contributed by atoms with Crippen molar-refractivity contribution in [2.24, 2.45) is 5.41 Å². The maximum absolute atomic E-state index is 13.1. The van der Waals surface area contributed by atoms with Crippen molar-refractivity contribution >= 4 is 5.91 Å². The summed E-state index contributed by atoms with van der Waals surface area (Å²) in [7, 11) is 5.55. The quantitative estimate of drug-likeness (QED) is 0.787. The van der Waals surface area contributed by atoms with Crippen molar-refractivity contribution in [2.75, 3.05) is 27.7 Å². The molecule has 0 radical (unpaired) electrons. The number of nitrogens with zero attached hydrogens (tertiary/aromatic N) is 2. The number of ether oxygens (including phenoxy) is 1. The van der Waals surface area contributed by atoms with Crippen LogP contribution in [0.25, 0.3) is 0 Å². The van der Waals surface area contributed by atoms with E-state index < -0.39 is 0 Å². The molecule has 0 aromatic heterocycles. The summed E-state index contributed by atoms with van der Waals surface area (Å²) in [6.07, 6.45) is 0.914. The summed E-state index contributed by atoms with van der Waals surface area (Å²) in [6, 6.07) is 6.52. The van der Waals surface area contributed by atoms with Gasteiger partial charge in [-0.1, -0.05) is 26.0 Å². The van der Waals surface area contributed by atoms with Crippen LogP contribution in [0.5, 0.6) is 0 Å². The van der Waals surface area contributed by atoms with Gasteiger partial charge in [-0.05, 0) is 45.0 Å². The largest absolute Gasteiger partial charge is 0.378 e. The molecule has 1 aliphatic rings. The zero-order valence-electron chi connectivity index (χ0n) is 16.5. The first kappa shape index (κ1) is 19.9. The minimum absolute atomic E-state index is 0.0159. The Kier molecular flexibility index (Phi) is 5.59. The number of amides is 1. The van der Waals surface area contributed by atoms with Crippen LogP contribution in [0, 0.1) is 11.2 Å². The third-order valence-electron chi connectivity index (χ3n) is 6.47. The van der Waals surface area contributed by atoms with Gasteiger partial charge in [-0.25, -0.2) is 4.39 Å². The molecule has 140 valence electrons. The van der Waals surface area contributed by atoms with Crippen molar-refractivity contribution in [3.8, 4) is 0 Å². The van der Waals surface area contributed by atoms with E-state index in [9.17, 15) is 9.18 Å². The minimum atomic E-state index is -0.266. The van der Waals surface area contributed by atoms with E-state index in [1.165, 1.54) is 12.1 Å². The van der Waals surface area contributed by atoms with E-state index in [1.807, 2.05) is 14.0 Å². The van der Waals surface area contributed by atoms with Gasteiger partial charge in [0.2, 0.25) is 5.91 Å². The van der Waals surface area contributed by atoms with E-state index in [0.717, 1.165) is 12.0 Å². The van der Waals surface area contributed by atoms with E-state index in [1.54, 1.807) is 31.2 Å². The van der Waals surface area contributed by atoms with Gasteiger partial charge in [-0.2, -0.15) is 0 Å². The summed E-state index contributed by atoms with van der Waals surface area (Å²) in [5, 5.41) is 0. The fraction of sp³-hybridized carbons (Fsp3) is 0.650. The van der Waals surface area contributed by atoms with Crippen molar-refractivity contribution in [3.05, 3.63) is 35.6 Å². The lowest BCUT2D eigenvalue weighted by molar-refractivity contribution is -0.206. The van der Waals surface area contributed by atoms with Crippen molar-refractivity contribution in [3.63, 3.8) is 0 Å². The van der Waals surface area contributed by atoms with Crippen molar-refractivity contribution in [1.82, 2.24) is 9.80 Å². The number of carbonyl (C=O) groups is 1. The second-order valence-electron chi connectivity index (χ2n) is 8.02. The number of rotatable bonds is 6. The third-order valence-corrected chi connectivity index (χ3v) is 6.47.